The summed E-state index contributed by atoms with van der Waals surface area (Å²) < 4.78 is 0. The van der Waals surface area contributed by atoms with Crippen LogP contribution in [0.3, 0.4) is 0 Å². The van der Waals surface area contributed by atoms with Gasteiger partial charge >= 0.3 is 0 Å². The van der Waals surface area contributed by atoms with E-state index >= 15 is 0 Å². The molecule has 2 aliphatic heterocycles. The Kier molecular flexibility index (Phi) is 6.98. The van der Waals surface area contributed by atoms with Gasteiger partial charge in [-0.2, -0.15) is 0 Å². The number of hydrogen-bond donors (Lipinski definition) is 2. The first-order valence-corrected chi connectivity index (χ1v) is 7.43. The fourth-order valence-electron chi connectivity index (χ4n) is 3.43. The molecule has 2 aliphatic rings. The Morgan fingerprint density at radius 3 is 2.27 bits per heavy atom. The summed E-state index contributed by atoms with van der Waals surface area (Å²) in [5, 5.41) is 6.72. The molecule has 22 heavy (non-hydrogen) atoms. The molecule has 1 aromatic carbocycles. The van der Waals surface area contributed by atoms with Crippen LogP contribution in [0.1, 0.15) is 11.1 Å². The molecular formula is C16H25Cl2N3O. The molecule has 0 radical (unpaired) electrons. The van der Waals surface area contributed by atoms with Crippen LogP contribution in [0.25, 0.3) is 0 Å². The van der Waals surface area contributed by atoms with E-state index in [4.69, 9.17) is 0 Å². The second kappa shape index (κ2) is 8.04. The Bertz CT molecular complexity index is 492. The fourth-order valence-corrected chi connectivity index (χ4v) is 3.43. The zero-order valence-electron chi connectivity index (χ0n) is 13.1. The van der Waals surface area contributed by atoms with E-state index in [1.54, 1.807) is 0 Å². The molecule has 0 saturated carbocycles. The van der Waals surface area contributed by atoms with Crippen molar-refractivity contribution in [2.24, 2.45) is 11.8 Å². The van der Waals surface area contributed by atoms with Crippen molar-refractivity contribution >= 4 is 36.4 Å². The number of amides is 1. The minimum Gasteiger partial charge on any atom is -0.376 e. The number of nitrogens with zero attached hydrogens (tertiary/aromatic N) is 1. The third-order valence-corrected chi connectivity index (χ3v) is 4.64. The highest BCUT2D eigenvalue weighted by atomic mass is 35.5. The summed E-state index contributed by atoms with van der Waals surface area (Å²) in [4.78, 5) is 14.3. The Balaban J connectivity index is 0.00000121. The molecule has 3 rings (SSSR count). The van der Waals surface area contributed by atoms with Gasteiger partial charge in [0, 0.05) is 31.9 Å². The van der Waals surface area contributed by atoms with Gasteiger partial charge in [-0.05, 0) is 36.8 Å². The predicted molar refractivity (Wildman–Crippen MR) is 95.3 cm³/mol. The molecule has 2 N–H and O–H groups in total. The van der Waals surface area contributed by atoms with Gasteiger partial charge in [0.1, 0.15) is 0 Å². The molecule has 124 valence electrons. The largest absolute Gasteiger partial charge is 0.376 e. The maximum absolute atomic E-state index is 12.3. The summed E-state index contributed by atoms with van der Waals surface area (Å²) >= 11 is 0. The van der Waals surface area contributed by atoms with Gasteiger partial charge in [0.25, 0.3) is 0 Å². The van der Waals surface area contributed by atoms with Crippen LogP contribution in [0, 0.1) is 25.7 Å². The van der Waals surface area contributed by atoms with Crippen molar-refractivity contribution in [2.75, 3.05) is 38.0 Å². The molecule has 4 nitrogen and oxygen atoms in total. The smallest absolute Gasteiger partial charge is 0.241 e. The van der Waals surface area contributed by atoms with E-state index < -0.39 is 0 Å². The van der Waals surface area contributed by atoms with E-state index in [9.17, 15) is 4.79 Å². The van der Waals surface area contributed by atoms with Crippen molar-refractivity contribution in [3.05, 3.63) is 29.3 Å². The molecule has 0 spiro atoms. The predicted octanol–water partition coefficient (Wildman–Crippen LogP) is 2.24. The summed E-state index contributed by atoms with van der Waals surface area (Å²) in [5.74, 6) is 1.56. The highest BCUT2D eigenvalue weighted by Gasteiger charge is 2.37. The molecule has 2 saturated heterocycles. The van der Waals surface area contributed by atoms with Crippen molar-refractivity contribution < 1.29 is 4.79 Å². The number of benzene rings is 1. The van der Waals surface area contributed by atoms with Gasteiger partial charge in [0.15, 0.2) is 0 Å². The van der Waals surface area contributed by atoms with Gasteiger partial charge in [-0.25, -0.2) is 0 Å². The van der Waals surface area contributed by atoms with E-state index in [0.29, 0.717) is 18.4 Å². The lowest BCUT2D eigenvalue weighted by atomic mass is 10.0. The second-order valence-corrected chi connectivity index (χ2v) is 6.10. The van der Waals surface area contributed by atoms with E-state index in [-0.39, 0.29) is 30.7 Å². The van der Waals surface area contributed by atoms with Crippen LogP contribution >= 0.6 is 24.8 Å². The van der Waals surface area contributed by atoms with Crippen molar-refractivity contribution in [2.45, 2.75) is 13.8 Å². The van der Waals surface area contributed by atoms with Crippen molar-refractivity contribution in [1.29, 1.82) is 0 Å². The number of fused-ring (bicyclic) bond motifs is 1. The first kappa shape index (κ1) is 19.1. The number of para-hydroxylation sites is 1. The van der Waals surface area contributed by atoms with E-state index in [2.05, 4.69) is 36.6 Å². The van der Waals surface area contributed by atoms with Gasteiger partial charge < -0.3 is 15.5 Å². The molecule has 6 heteroatoms. The molecule has 1 aromatic rings. The molecule has 0 aliphatic carbocycles. The maximum Gasteiger partial charge on any atom is 0.241 e. The number of halogens is 2. The van der Waals surface area contributed by atoms with Gasteiger partial charge in [-0.3, -0.25) is 4.79 Å². The molecule has 0 bridgehead atoms. The van der Waals surface area contributed by atoms with E-state index in [1.165, 1.54) is 11.1 Å². The topological polar surface area (TPSA) is 44.4 Å². The van der Waals surface area contributed by atoms with Crippen LogP contribution in [0.15, 0.2) is 18.2 Å². The summed E-state index contributed by atoms with van der Waals surface area (Å²) in [6, 6.07) is 6.20. The Hall–Kier alpha value is -0.970. The van der Waals surface area contributed by atoms with Crippen LogP contribution in [0.2, 0.25) is 0 Å². The van der Waals surface area contributed by atoms with Crippen LogP contribution in [-0.2, 0) is 4.79 Å². The van der Waals surface area contributed by atoms with E-state index in [1.807, 2.05) is 11.0 Å². The van der Waals surface area contributed by atoms with Crippen molar-refractivity contribution in [3.63, 3.8) is 0 Å². The number of anilines is 1. The monoisotopic (exact) mass is 345 g/mol. The normalized spacial score (nSPS) is 22.5. The van der Waals surface area contributed by atoms with E-state index in [0.717, 1.165) is 31.9 Å². The molecule has 2 fully saturated rings. The summed E-state index contributed by atoms with van der Waals surface area (Å²) in [6.07, 6.45) is 0. The number of carbonyl (C=O) groups is 1. The number of likely N-dealkylation sites (tertiary alicyclic amines) is 1. The number of hydrogen-bond acceptors (Lipinski definition) is 3. The minimum absolute atomic E-state index is 0. The quantitative estimate of drug-likeness (QED) is 0.882. The molecule has 0 aromatic heterocycles. The van der Waals surface area contributed by atoms with Crippen LogP contribution in [0.5, 0.6) is 0 Å². The second-order valence-electron chi connectivity index (χ2n) is 6.10. The SMILES string of the molecule is Cc1cccc(C)c1NCC(=O)N1C[C@H]2CNC[C@H]2C1.Cl.Cl. The van der Waals surface area contributed by atoms with Gasteiger partial charge in [-0.1, -0.05) is 18.2 Å². The Morgan fingerprint density at radius 2 is 1.73 bits per heavy atom. The highest BCUT2D eigenvalue weighted by molar-refractivity contribution is 5.85. The standard InChI is InChI=1S/C16H23N3O.2ClH/c1-11-4-3-5-12(2)16(11)18-8-15(20)19-9-13-6-17-7-14(13)10-19;;/h3-5,13-14,17-18H,6-10H2,1-2H3;2*1H/t13-,14+;;. The third kappa shape index (κ3) is 3.86. The average Bonchev–Trinajstić information content (AvgIpc) is 2.98. The third-order valence-electron chi connectivity index (χ3n) is 4.64. The lowest BCUT2D eigenvalue weighted by molar-refractivity contribution is -0.128. The van der Waals surface area contributed by atoms with Gasteiger partial charge in [0.05, 0.1) is 6.54 Å². The Labute approximate surface area is 144 Å². The molecule has 1 amide bonds. The zero-order chi connectivity index (χ0) is 14.1. The molecular weight excluding hydrogens is 321 g/mol. The molecule has 0 unspecified atom stereocenters. The minimum atomic E-state index is 0. The number of carbonyl (C=O) groups excluding carboxylic acids is 1. The number of rotatable bonds is 3. The maximum atomic E-state index is 12.3. The summed E-state index contributed by atoms with van der Waals surface area (Å²) in [7, 11) is 0. The van der Waals surface area contributed by atoms with Crippen molar-refractivity contribution in [3.8, 4) is 0 Å². The average molecular weight is 346 g/mol. The van der Waals surface area contributed by atoms with Gasteiger partial charge in [-0.15, -0.1) is 24.8 Å². The molecule has 2 atom stereocenters. The van der Waals surface area contributed by atoms with Crippen LogP contribution < -0.4 is 10.6 Å². The summed E-state index contributed by atoms with van der Waals surface area (Å²) in [6.45, 7) is 8.53. The number of aryl methyl sites for hydroxylation is 2. The number of nitrogens with one attached hydrogen (secondary N) is 2. The molecule has 2 heterocycles. The van der Waals surface area contributed by atoms with Crippen LogP contribution in [-0.4, -0.2) is 43.5 Å². The fraction of sp³-hybridized carbons (Fsp3) is 0.562. The highest BCUT2D eigenvalue weighted by Crippen LogP contribution is 2.26. The first-order chi connectivity index (χ1) is 9.65. The Morgan fingerprint density at radius 1 is 1.18 bits per heavy atom. The van der Waals surface area contributed by atoms with Gasteiger partial charge in [0.2, 0.25) is 5.91 Å². The summed E-state index contributed by atoms with van der Waals surface area (Å²) in [5.41, 5.74) is 3.49. The first-order valence-electron chi connectivity index (χ1n) is 7.43. The van der Waals surface area contributed by atoms with Crippen LogP contribution in [0.4, 0.5) is 5.69 Å². The zero-order valence-corrected chi connectivity index (χ0v) is 14.7. The lowest BCUT2D eigenvalue weighted by Crippen LogP contribution is -2.36. The lowest BCUT2D eigenvalue weighted by Gasteiger charge is -2.19. The van der Waals surface area contributed by atoms with Crippen molar-refractivity contribution in [1.82, 2.24) is 10.2 Å².